The Morgan fingerprint density at radius 3 is 2.96 bits per heavy atom. The molecule has 2 aliphatic heterocycles. The molecule has 28 heavy (non-hydrogen) atoms. The number of nitrogens with one attached hydrogen (secondary N) is 2. The van der Waals surface area contributed by atoms with E-state index >= 15 is 0 Å². The molecule has 142 valence electrons. The smallest absolute Gasteiger partial charge is 0.115 e. The maximum Gasteiger partial charge on any atom is 0.115 e. The first-order valence-electron chi connectivity index (χ1n) is 9.25. The minimum Gasteiger partial charge on any atom is -0.303 e. The number of fused-ring (bicyclic) bond motifs is 1. The lowest BCUT2D eigenvalue weighted by Gasteiger charge is -2.26. The number of hydrazine groups is 2. The van der Waals surface area contributed by atoms with Crippen LogP contribution in [0.15, 0.2) is 59.2 Å². The molecule has 1 aromatic heterocycles. The molecule has 8 heteroatoms. The highest BCUT2D eigenvalue weighted by molar-refractivity contribution is 5.66. The number of aliphatic imine (C=N–C) groups is 1. The highest BCUT2D eigenvalue weighted by atomic mass is 15.6. The summed E-state index contributed by atoms with van der Waals surface area (Å²) in [6, 6.07) is 9.86. The van der Waals surface area contributed by atoms with E-state index in [0.717, 1.165) is 41.3 Å². The van der Waals surface area contributed by atoms with Crippen molar-refractivity contribution in [3.05, 3.63) is 71.1 Å². The SMILES string of the molecule is CCCn1cc(NN2C=NC3=CNN(Cc4ccccc4C#N)C3=C2)c(C)n1. The number of rotatable bonds is 6. The molecular formula is C20H22N8. The zero-order valence-electron chi connectivity index (χ0n) is 15.9. The number of aromatic nitrogens is 2. The van der Waals surface area contributed by atoms with Crippen LogP contribution in [-0.4, -0.2) is 26.1 Å². The van der Waals surface area contributed by atoms with Gasteiger partial charge in [0, 0.05) is 12.7 Å². The summed E-state index contributed by atoms with van der Waals surface area (Å²) in [7, 11) is 0. The first-order chi connectivity index (χ1) is 13.7. The second kappa shape index (κ2) is 7.48. The van der Waals surface area contributed by atoms with Crippen molar-refractivity contribution in [2.24, 2.45) is 4.99 Å². The standard InChI is InChI=1S/C20H22N8/c1-3-8-26-12-19(15(2)24-26)25-27-13-20-18(22-14-27)10-23-28(20)11-17-7-5-4-6-16(17)9-21/h4-7,10,12-14,23,25H,3,8,11H2,1-2H3. The average Bonchev–Trinajstić information content (AvgIpc) is 3.26. The molecule has 0 saturated heterocycles. The Morgan fingerprint density at radius 2 is 2.14 bits per heavy atom. The molecule has 0 bridgehead atoms. The maximum absolute atomic E-state index is 9.33. The topological polar surface area (TPSA) is 84.5 Å². The van der Waals surface area contributed by atoms with Crippen LogP contribution < -0.4 is 10.9 Å². The van der Waals surface area contributed by atoms with Crippen LogP contribution in [0.5, 0.6) is 0 Å². The monoisotopic (exact) mass is 374 g/mol. The molecular weight excluding hydrogens is 352 g/mol. The molecule has 2 aliphatic rings. The largest absolute Gasteiger partial charge is 0.303 e. The summed E-state index contributed by atoms with van der Waals surface area (Å²) in [5.41, 5.74) is 11.9. The second-order valence-corrected chi connectivity index (χ2v) is 6.68. The van der Waals surface area contributed by atoms with Crippen molar-refractivity contribution >= 4 is 12.0 Å². The highest BCUT2D eigenvalue weighted by Gasteiger charge is 2.24. The van der Waals surface area contributed by atoms with Gasteiger partial charge in [-0.1, -0.05) is 25.1 Å². The lowest BCUT2D eigenvalue weighted by molar-refractivity contribution is 0.298. The van der Waals surface area contributed by atoms with Crippen molar-refractivity contribution in [2.75, 3.05) is 5.43 Å². The Kier molecular flexibility index (Phi) is 4.72. The summed E-state index contributed by atoms with van der Waals surface area (Å²) in [6.07, 6.45) is 8.61. The van der Waals surface area contributed by atoms with Gasteiger partial charge < -0.3 is 5.43 Å². The van der Waals surface area contributed by atoms with Gasteiger partial charge in [0.2, 0.25) is 0 Å². The van der Waals surface area contributed by atoms with Crippen LogP contribution in [0.25, 0.3) is 0 Å². The number of hydrogen-bond donors (Lipinski definition) is 2. The van der Waals surface area contributed by atoms with E-state index < -0.39 is 0 Å². The molecule has 0 aliphatic carbocycles. The van der Waals surface area contributed by atoms with Gasteiger partial charge in [-0.05, 0) is 25.0 Å². The number of nitriles is 1. The number of nitrogens with zero attached hydrogens (tertiary/aromatic N) is 6. The molecule has 0 radical (unpaired) electrons. The van der Waals surface area contributed by atoms with Gasteiger partial charge in [-0.2, -0.15) is 10.4 Å². The Labute approximate surface area is 164 Å². The van der Waals surface area contributed by atoms with Crippen LogP contribution >= 0.6 is 0 Å². The molecule has 2 N–H and O–H groups in total. The van der Waals surface area contributed by atoms with E-state index in [2.05, 4.69) is 33.9 Å². The normalized spacial score (nSPS) is 14.9. The van der Waals surface area contributed by atoms with Crippen LogP contribution in [-0.2, 0) is 13.1 Å². The van der Waals surface area contributed by atoms with Crippen molar-refractivity contribution in [3.63, 3.8) is 0 Å². The van der Waals surface area contributed by atoms with E-state index in [4.69, 9.17) is 0 Å². The second-order valence-electron chi connectivity index (χ2n) is 6.68. The fraction of sp³-hybridized carbons (Fsp3) is 0.250. The zero-order valence-corrected chi connectivity index (χ0v) is 15.9. The van der Waals surface area contributed by atoms with Gasteiger partial charge in [-0.25, -0.2) is 10.0 Å². The van der Waals surface area contributed by atoms with Gasteiger partial charge in [0.05, 0.1) is 42.0 Å². The molecule has 0 spiro atoms. The molecule has 8 nitrogen and oxygen atoms in total. The van der Waals surface area contributed by atoms with Crippen molar-refractivity contribution < 1.29 is 0 Å². The predicted octanol–water partition coefficient (Wildman–Crippen LogP) is 2.85. The minimum atomic E-state index is 0.562. The Hall–Kier alpha value is -3.73. The van der Waals surface area contributed by atoms with Gasteiger partial charge in [0.15, 0.2) is 0 Å². The molecule has 4 rings (SSSR count). The van der Waals surface area contributed by atoms with Gasteiger partial charge in [0.1, 0.15) is 17.7 Å². The molecule has 0 amide bonds. The molecule has 2 aromatic rings. The summed E-state index contributed by atoms with van der Waals surface area (Å²) in [6.45, 7) is 5.56. The maximum atomic E-state index is 9.33. The van der Waals surface area contributed by atoms with Crippen LogP contribution in [0, 0.1) is 18.3 Å². The summed E-state index contributed by atoms with van der Waals surface area (Å²) in [5.74, 6) is 0. The van der Waals surface area contributed by atoms with Crippen molar-refractivity contribution in [3.8, 4) is 6.07 Å². The molecule has 0 fully saturated rings. The van der Waals surface area contributed by atoms with Crippen LogP contribution in [0.4, 0.5) is 5.69 Å². The first-order valence-corrected chi connectivity index (χ1v) is 9.25. The number of aryl methyl sites for hydroxylation is 2. The van der Waals surface area contributed by atoms with Crippen LogP contribution in [0.2, 0.25) is 0 Å². The quantitative estimate of drug-likeness (QED) is 0.809. The minimum absolute atomic E-state index is 0.562. The Bertz CT molecular complexity index is 1010. The van der Waals surface area contributed by atoms with Gasteiger partial charge >= 0.3 is 0 Å². The third-order valence-corrected chi connectivity index (χ3v) is 4.61. The van der Waals surface area contributed by atoms with E-state index in [1.165, 1.54) is 0 Å². The van der Waals surface area contributed by atoms with E-state index in [0.29, 0.717) is 12.1 Å². The fourth-order valence-corrected chi connectivity index (χ4v) is 3.19. The molecule has 0 saturated carbocycles. The van der Waals surface area contributed by atoms with Gasteiger partial charge in [-0.3, -0.25) is 15.1 Å². The molecule has 3 heterocycles. The Morgan fingerprint density at radius 1 is 1.29 bits per heavy atom. The zero-order chi connectivity index (χ0) is 19.5. The molecule has 0 unspecified atom stereocenters. The summed E-state index contributed by atoms with van der Waals surface area (Å²) in [5, 5.41) is 17.6. The van der Waals surface area contributed by atoms with Crippen molar-refractivity contribution in [1.29, 1.82) is 5.26 Å². The van der Waals surface area contributed by atoms with Gasteiger partial charge in [0.25, 0.3) is 0 Å². The van der Waals surface area contributed by atoms with E-state index in [1.807, 2.05) is 64.5 Å². The van der Waals surface area contributed by atoms with Crippen molar-refractivity contribution in [1.82, 2.24) is 25.2 Å². The third kappa shape index (κ3) is 3.42. The number of anilines is 1. The molecule has 0 atom stereocenters. The van der Waals surface area contributed by atoms with E-state index in [9.17, 15) is 5.26 Å². The highest BCUT2D eigenvalue weighted by Crippen LogP contribution is 2.26. The van der Waals surface area contributed by atoms with Crippen molar-refractivity contribution in [2.45, 2.75) is 33.4 Å². The van der Waals surface area contributed by atoms with Crippen LogP contribution in [0.3, 0.4) is 0 Å². The fourth-order valence-electron chi connectivity index (χ4n) is 3.19. The summed E-state index contributed by atoms with van der Waals surface area (Å²) in [4.78, 5) is 4.51. The predicted molar refractivity (Wildman–Crippen MR) is 107 cm³/mol. The lowest BCUT2D eigenvalue weighted by Crippen LogP contribution is -2.33. The lowest BCUT2D eigenvalue weighted by atomic mass is 10.1. The van der Waals surface area contributed by atoms with E-state index in [-0.39, 0.29) is 0 Å². The number of hydrogen-bond acceptors (Lipinski definition) is 7. The Balaban J connectivity index is 1.51. The van der Waals surface area contributed by atoms with Crippen LogP contribution in [0.1, 0.15) is 30.2 Å². The third-order valence-electron chi connectivity index (χ3n) is 4.61. The van der Waals surface area contributed by atoms with E-state index in [1.54, 1.807) is 6.34 Å². The number of benzene rings is 1. The first kappa shape index (κ1) is 17.7. The molecule has 1 aromatic carbocycles. The van der Waals surface area contributed by atoms with Gasteiger partial charge in [-0.15, -0.1) is 0 Å². The average molecular weight is 374 g/mol. The summed E-state index contributed by atoms with van der Waals surface area (Å²) >= 11 is 0. The summed E-state index contributed by atoms with van der Waals surface area (Å²) < 4.78 is 1.94.